The summed E-state index contributed by atoms with van der Waals surface area (Å²) in [4.78, 5) is 4.53. The van der Waals surface area contributed by atoms with Crippen LogP contribution in [-0.4, -0.2) is 26.2 Å². The van der Waals surface area contributed by atoms with Crippen molar-refractivity contribution >= 4 is 29.9 Å². The zero-order chi connectivity index (χ0) is 18.1. The van der Waals surface area contributed by atoms with Gasteiger partial charge in [-0.1, -0.05) is 13.0 Å². The highest BCUT2D eigenvalue weighted by atomic mass is 127. The lowest BCUT2D eigenvalue weighted by Crippen LogP contribution is -2.40. The molecule has 1 heterocycles. The van der Waals surface area contributed by atoms with Crippen LogP contribution in [0.3, 0.4) is 0 Å². The lowest BCUT2D eigenvalue weighted by Gasteiger charge is -2.19. The number of halogens is 2. The van der Waals surface area contributed by atoms with Gasteiger partial charge >= 0.3 is 0 Å². The molecule has 0 amide bonds. The molecule has 0 spiro atoms. The van der Waals surface area contributed by atoms with E-state index >= 15 is 0 Å². The third-order valence-corrected chi connectivity index (χ3v) is 3.77. The van der Waals surface area contributed by atoms with Crippen molar-refractivity contribution < 1.29 is 13.5 Å². The monoisotopic (exact) mass is 475 g/mol. The van der Waals surface area contributed by atoms with Crippen molar-refractivity contribution in [3.63, 3.8) is 0 Å². The Morgan fingerprint density at radius 1 is 1.35 bits per heavy atom. The summed E-state index contributed by atoms with van der Waals surface area (Å²) in [5, 5.41) is 6.60. The van der Waals surface area contributed by atoms with Crippen LogP contribution in [-0.2, 0) is 6.42 Å². The summed E-state index contributed by atoms with van der Waals surface area (Å²) in [5.74, 6) is 1.50. The normalized spacial score (nSPS) is 12.2. The molecule has 0 saturated carbocycles. The Labute approximate surface area is 171 Å². The SMILES string of the molecule is CCCN=C(NCCc1ccco1)NC(C)c1ccc(OC)c(F)c1.I. The number of ether oxygens (including phenoxy) is 1. The number of nitrogens with zero attached hydrogens (tertiary/aromatic N) is 1. The second-order valence-corrected chi connectivity index (χ2v) is 5.75. The van der Waals surface area contributed by atoms with Crippen molar-refractivity contribution in [1.82, 2.24) is 10.6 Å². The molecule has 7 heteroatoms. The van der Waals surface area contributed by atoms with Crippen molar-refractivity contribution in [2.24, 2.45) is 4.99 Å². The van der Waals surface area contributed by atoms with Gasteiger partial charge in [-0.2, -0.15) is 0 Å². The Hall–Kier alpha value is -1.77. The van der Waals surface area contributed by atoms with Crippen LogP contribution in [0, 0.1) is 5.82 Å². The number of nitrogens with one attached hydrogen (secondary N) is 2. The Balaban J connectivity index is 0.00000338. The summed E-state index contributed by atoms with van der Waals surface area (Å²) < 4.78 is 24.2. The maximum atomic E-state index is 13.9. The van der Waals surface area contributed by atoms with E-state index in [-0.39, 0.29) is 41.6 Å². The summed E-state index contributed by atoms with van der Waals surface area (Å²) in [6.45, 7) is 5.47. The van der Waals surface area contributed by atoms with Gasteiger partial charge in [0.25, 0.3) is 0 Å². The molecule has 0 saturated heterocycles. The van der Waals surface area contributed by atoms with E-state index in [4.69, 9.17) is 9.15 Å². The first-order valence-corrected chi connectivity index (χ1v) is 8.54. The van der Waals surface area contributed by atoms with E-state index in [1.54, 1.807) is 12.3 Å². The molecule has 144 valence electrons. The fourth-order valence-electron chi connectivity index (χ4n) is 2.38. The predicted octanol–water partition coefficient (Wildman–Crippen LogP) is 4.29. The molecule has 0 aliphatic rings. The van der Waals surface area contributed by atoms with E-state index in [0.29, 0.717) is 12.5 Å². The van der Waals surface area contributed by atoms with Crippen molar-refractivity contribution in [2.75, 3.05) is 20.2 Å². The highest BCUT2D eigenvalue weighted by molar-refractivity contribution is 14.0. The highest BCUT2D eigenvalue weighted by Crippen LogP contribution is 2.21. The fraction of sp³-hybridized carbons (Fsp3) is 0.421. The van der Waals surface area contributed by atoms with Gasteiger partial charge in [0, 0.05) is 19.5 Å². The molecule has 0 aliphatic heterocycles. The van der Waals surface area contributed by atoms with Gasteiger partial charge in [0.1, 0.15) is 5.76 Å². The van der Waals surface area contributed by atoms with Gasteiger partial charge in [-0.3, -0.25) is 4.99 Å². The molecule has 2 aromatic rings. The quantitative estimate of drug-likeness (QED) is 0.340. The lowest BCUT2D eigenvalue weighted by molar-refractivity contribution is 0.386. The van der Waals surface area contributed by atoms with Crippen molar-refractivity contribution in [1.29, 1.82) is 0 Å². The van der Waals surface area contributed by atoms with Crippen LogP contribution >= 0.6 is 24.0 Å². The number of rotatable bonds is 8. The minimum atomic E-state index is -0.369. The van der Waals surface area contributed by atoms with E-state index < -0.39 is 0 Å². The first-order chi connectivity index (χ1) is 12.1. The summed E-state index contributed by atoms with van der Waals surface area (Å²) in [7, 11) is 1.46. The minimum Gasteiger partial charge on any atom is -0.494 e. The van der Waals surface area contributed by atoms with Crippen molar-refractivity contribution in [3.8, 4) is 5.75 Å². The minimum absolute atomic E-state index is 0. The first kappa shape index (κ1) is 22.3. The molecule has 1 atom stereocenters. The molecule has 2 N–H and O–H groups in total. The molecule has 26 heavy (non-hydrogen) atoms. The van der Waals surface area contributed by atoms with Crippen molar-refractivity contribution in [2.45, 2.75) is 32.7 Å². The van der Waals surface area contributed by atoms with Gasteiger partial charge in [-0.25, -0.2) is 4.39 Å². The smallest absolute Gasteiger partial charge is 0.191 e. The Bertz CT molecular complexity index is 677. The summed E-state index contributed by atoms with van der Waals surface area (Å²) in [6, 6.07) is 8.69. The van der Waals surface area contributed by atoms with Gasteiger partial charge in [0.15, 0.2) is 17.5 Å². The van der Waals surface area contributed by atoms with Crippen LogP contribution in [0.25, 0.3) is 0 Å². The number of benzene rings is 1. The number of furan rings is 1. The Kier molecular flexibility index (Phi) is 10.1. The fourth-order valence-corrected chi connectivity index (χ4v) is 2.38. The zero-order valence-corrected chi connectivity index (χ0v) is 17.8. The van der Waals surface area contributed by atoms with E-state index in [1.165, 1.54) is 13.2 Å². The largest absolute Gasteiger partial charge is 0.494 e. The van der Waals surface area contributed by atoms with Crippen LogP contribution in [0.2, 0.25) is 0 Å². The van der Waals surface area contributed by atoms with Gasteiger partial charge in [-0.05, 0) is 43.2 Å². The van der Waals surface area contributed by atoms with Crippen LogP contribution in [0.1, 0.15) is 37.6 Å². The van der Waals surface area contributed by atoms with Gasteiger partial charge in [-0.15, -0.1) is 24.0 Å². The van der Waals surface area contributed by atoms with E-state index in [0.717, 1.165) is 30.7 Å². The lowest BCUT2D eigenvalue weighted by atomic mass is 10.1. The third kappa shape index (κ3) is 6.86. The summed E-state index contributed by atoms with van der Waals surface area (Å²) in [5.41, 5.74) is 0.829. The molecule has 2 rings (SSSR count). The highest BCUT2D eigenvalue weighted by Gasteiger charge is 2.11. The molecule has 0 aliphatic carbocycles. The third-order valence-electron chi connectivity index (χ3n) is 3.77. The first-order valence-electron chi connectivity index (χ1n) is 8.54. The van der Waals surface area contributed by atoms with Gasteiger partial charge in [0.05, 0.1) is 19.4 Å². The van der Waals surface area contributed by atoms with Crippen LogP contribution in [0.5, 0.6) is 5.75 Å². The van der Waals surface area contributed by atoms with Crippen LogP contribution in [0.15, 0.2) is 46.0 Å². The zero-order valence-electron chi connectivity index (χ0n) is 15.4. The van der Waals surface area contributed by atoms with Gasteiger partial charge < -0.3 is 19.8 Å². The molecule has 1 unspecified atom stereocenters. The Morgan fingerprint density at radius 3 is 2.77 bits per heavy atom. The standard InChI is InChI=1S/C19H26FN3O2.HI/c1-4-10-21-19(22-11-9-16-6-5-12-25-16)23-14(2)15-7-8-18(24-3)17(20)13-15;/h5-8,12-14H,4,9-11H2,1-3H3,(H2,21,22,23);1H. The maximum Gasteiger partial charge on any atom is 0.191 e. The average Bonchev–Trinajstić information content (AvgIpc) is 3.12. The number of methoxy groups -OCH3 is 1. The van der Waals surface area contributed by atoms with Crippen LogP contribution < -0.4 is 15.4 Å². The molecular weight excluding hydrogens is 448 g/mol. The van der Waals surface area contributed by atoms with E-state index in [9.17, 15) is 4.39 Å². The number of hydrogen-bond donors (Lipinski definition) is 2. The molecular formula is C19H27FIN3O2. The molecule has 1 aromatic heterocycles. The summed E-state index contributed by atoms with van der Waals surface area (Å²) >= 11 is 0. The van der Waals surface area contributed by atoms with E-state index in [1.807, 2.05) is 25.1 Å². The number of aliphatic imine (C=N–C) groups is 1. The summed E-state index contributed by atoms with van der Waals surface area (Å²) in [6.07, 6.45) is 3.39. The second kappa shape index (κ2) is 11.8. The van der Waals surface area contributed by atoms with E-state index in [2.05, 4.69) is 22.5 Å². The second-order valence-electron chi connectivity index (χ2n) is 5.75. The maximum absolute atomic E-state index is 13.9. The molecule has 0 bridgehead atoms. The number of guanidine groups is 1. The van der Waals surface area contributed by atoms with Crippen LogP contribution in [0.4, 0.5) is 4.39 Å². The predicted molar refractivity (Wildman–Crippen MR) is 113 cm³/mol. The Morgan fingerprint density at radius 2 is 2.15 bits per heavy atom. The molecule has 5 nitrogen and oxygen atoms in total. The topological polar surface area (TPSA) is 58.8 Å². The molecule has 1 aromatic carbocycles. The number of hydrogen-bond acceptors (Lipinski definition) is 3. The molecule has 0 fully saturated rings. The van der Waals surface area contributed by atoms with Crippen molar-refractivity contribution in [3.05, 3.63) is 53.7 Å². The average molecular weight is 475 g/mol. The van der Waals surface area contributed by atoms with Gasteiger partial charge in [0.2, 0.25) is 0 Å². The molecule has 0 radical (unpaired) electrons.